The number of hydrogen-bond acceptors (Lipinski definition) is 4. The van der Waals surface area contributed by atoms with Crippen molar-refractivity contribution >= 4 is 23.3 Å². The van der Waals surface area contributed by atoms with Crippen LogP contribution in [0.1, 0.15) is 42.1 Å². The van der Waals surface area contributed by atoms with Crippen molar-refractivity contribution in [3.63, 3.8) is 0 Å². The molecule has 39 heavy (non-hydrogen) atoms. The predicted octanol–water partition coefficient (Wildman–Crippen LogP) is 5.45. The molecule has 0 radical (unpaired) electrons. The number of carbonyl (C=O) groups excluding carboxylic acids is 1. The van der Waals surface area contributed by atoms with Gasteiger partial charge in [0.25, 0.3) is 5.91 Å². The topological polar surface area (TPSA) is 87.7 Å². The smallest absolute Gasteiger partial charge is 0.490 e. The van der Waals surface area contributed by atoms with Crippen LogP contribution in [-0.2, 0) is 11.0 Å². The van der Waals surface area contributed by atoms with Gasteiger partial charge in [-0.3, -0.25) is 9.28 Å². The molecule has 0 aromatic heterocycles. The first-order chi connectivity index (χ1) is 18.2. The third kappa shape index (κ3) is 6.82. The zero-order valence-corrected chi connectivity index (χ0v) is 21.3. The zero-order valence-electron chi connectivity index (χ0n) is 21.3. The second-order valence-corrected chi connectivity index (χ2v) is 9.51. The minimum absolute atomic E-state index is 0.232. The number of amides is 1. The fourth-order valence-corrected chi connectivity index (χ4v) is 5.36. The van der Waals surface area contributed by atoms with Crippen LogP contribution in [0.3, 0.4) is 0 Å². The van der Waals surface area contributed by atoms with Crippen LogP contribution < -0.4 is 19.9 Å². The highest BCUT2D eigenvalue weighted by Gasteiger charge is 2.49. The van der Waals surface area contributed by atoms with E-state index in [9.17, 15) is 31.1 Å². The number of anilines is 1. The predicted molar refractivity (Wildman–Crippen MR) is 133 cm³/mol. The number of alkyl halides is 6. The van der Waals surface area contributed by atoms with Crippen LogP contribution >= 0.6 is 0 Å². The second-order valence-electron chi connectivity index (χ2n) is 9.51. The number of methoxy groups -OCH3 is 1. The van der Waals surface area contributed by atoms with Gasteiger partial charge in [-0.15, -0.1) is 0 Å². The van der Waals surface area contributed by atoms with E-state index >= 15 is 0 Å². The molecule has 1 amide bonds. The molecule has 0 bridgehead atoms. The summed E-state index contributed by atoms with van der Waals surface area (Å²) in [4.78, 5) is 21.6. The van der Waals surface area contributed by atoms with Crippen molar-refractivity contribution in [2.24, 2.45) is 0 Å². The molecule has 13 heteroatoms. The van der Waals surface area contributed by atoms with Gasteiger partial charge in [0.2, 0.25) is 0 Å². The van der Waals surface area contributed by atoms with Crippen LogP contribution in [0.25, 0.3) is 0 Å². The highest BCUT2D eigenvalue weighted by molar-refractivity contribution is 6.05. The molecule has 7 nitrogen and oxygen atoms in total. The maximum absolute atomic E-state index is 14.1. The van der Waals surface area contributed by atoms with E-state index in [4.69, 9.17) is 14.6 Å². The number of carboxylic acid groups (broad SMARTS) is 1. The molecule has 3 atom stereocenters. The lowest BCUT2D eigenvalue weighted by atomic mass is 10.0. The maximum atomic E-state index is 14.1. The van der Waals surface area contributed by atoms with E-state index in [0.29, 0.717) is 15.9 Å². The number of nitrogens with zero attached hydrogens (tertiary/aromatic N) is 1. The van der Waals surface area contributed by atoms with Gasteiger partial charge in [0.15, 0.2) is 0 Å². The highest BCUT2D eigenvalue weighted by atomic mass is 19.4. The molecule has 2 aromatic rings. The summed E-state index contributed by atoms with van der Waals surface area (Å²) < 4.78 is 79.7. The average Bonchev–Trinajstić information content (AvgIpc) is 3.54. The number of halogens is 6. The van der Waals surface area contributed by atoms with Crippen LogP contribution in [0.5, 0.6) is 5.75 Å². The largest absolute Gasteiger partial charge is 0.497 e. The number of quaternary nitrogens is 1. The number of benzene rings is 2. The molecular weight excluding hydrogens is 532 g/mol. The molecule has 4 rings (SSSR count). The Morgan fingerprint density at radius 2 is 1.77 bits per heavy atom. The monoisotopic (exact) mass is 562 g/mol. The number of aliphatic carboxylic acids is 1. The van der Waals surface area contributed by atoms with Crippen LogP contribution in [0.4, 0.5) is 37.7 Å². The van der Waals surface area contributed by atoms with Crippen LogP contribution in [0.15, 0.2) is 42.5 Å². The first kappa shape index (κ1) is 30.2. The number of carboxylic acids is 1. The lowest BCUT2D eigenvalue weighted by Crippen LogP contribution is -2.59. The van der Waals surface area contributed by atoms with Gasteiger partial charge in [-0.2, -0.15) is 26.3 Å². The number of hydrogen-bond donors (Lipinski definition) is 3. The fourth-order valence-electron chi connectivity index (χ4n) is 5.36. The molecule has 2 fully saturated rings. The Balaban J connectivity index is 0.000000532. The number of rotatable bonds is 5. The Kier molecular flexibility index (Phi) is 9.16. The minimum atomic E-state index is -5.08. The van der Waals surface area contributed by atoms with Gasteiger partial charge < -0.3 is 20.5 Å². The molecule has 2 aliphatic rings. The number of ether oxygens (including phenoxy) is 1. The van der Waals surface area contributed by atoms with Crippen molar-refractivity contribution in [3.05, 3.63) is 53.6 Å². The average molecular weight is 563 g/mol. The van der Waals surface area contributed by atoms with E-state index in [1.807, 2.05) is 0 Å². The van der Waals surface area contributed by atoms with Crippen LogP contribution in [0, 0.1) is 0 Å². The van der Waals surface area contributed by atoms with Crippen LogP contribution in [-0.4, -0.2) is 62.0 Å². The lowest BCUT2D eigenvalue weighted by Gasteiger charge is -2.43. The molecule has 2 aromatic carbocycles. The Morgan fingerprint density at radius 1 is 1.08 bits per heavy atom. The second kappa shape index (κ2) is 11.8. The molecule has 0 spiro atoms. The molecule has 0 aliphatic carbocycles. The number of carbonyl (C=O) groups is 2. The summed E-state index contributed by atoms with van der Waals surface area (Å²) in [5.41, 5.74) is -0.136. The fraction of sp³-hybridized carbons (Fsp3) is 0.462. The normalized spacial score (nSPS) is 23.1. The van der Waals surface area contributed by atoms with Crippen molar-refractivity contribution in [1.82, 2.24) is 9.80 Å². The summed E-state index contributed by atoms with van der Waals surface area (Å²) in [6.07, 6.45) is -6.74. The summed E-state index contributed by atoms with van der Waals surface area (Å²) in [6, 6.07) is 11.3. The van der Waals surface area contributed by atoms with Gasteiger partial charge in [0, 0.05) is 50.0 Å². The molecule has 2 saturated heterocycles. The standard InChI is InChI=1S/C24H28F3N3O2.C2HF3O2/c1-16-5-4-12-30(16,19-10-11-28-15-19)18-8-9-22(21(14-18)24(25,26)27)29-23(31)17-6-3-7-20(13-17)32-2;3-2(4,5)1(6)7/h3,6-9,13-14,16,19,28H,4-5,10-12,15H2,1-2H3;(H,6,7)/p+1. The maximum Gasteiger partial charge on any atom is 0.490 e. The zero-order chi connectivity index (χ0) is 29.0. The quantitative estimate of drug-likeness (QED) is 0.333. The van der Waals surface area contributed by atoms with Crippen molar-refractivity contribution in [2.75, 3.05) is 32.1 Å². The molecule has 2 heterocycles. The summed E-state index contributed by atoms with van der Waals surface area (Å²) in [7, 11) is 1.47. The third-order valence-electron chi connectivity index (χ3n) is 7.23. The first-order valence-corrected chi connectivity index (χ1v) is 12.3. The summed E-state index contributed by atoms with van der Waals surface area (Å²) in [5, 5.41) is 13.0. The first-order valence-electron chi connectivity index (χ1n) is 12.3. The van der Waals surface area contributed by atoms with Crippen molar-refractivity contribution in [1.29, 1.82) is 0 Å². The van der Waals surface area contributed by atoms with E-state index in [-0.39, 0.29) is 23.3 Å². The molecule has 214 valence electrons. The Labute approximate surface area is 221 Å². The molecule has 2 aliphatic heterocycles. The Hall–Kier alpha value is -3.32. The Bertz CT molecular complexity index is 1180. The van der Waals surface area contributed by atoms with Crippen molar-refractivity contribution in [3.8, 4) is 5.75 Å². The summed E-state index contributed by atoms with van der Waals surface area (Å²) >= 11 is 0. The molecule has 3 unspecified atom stereocenters. The van der Waals surface area contributed by atoms with E-state index in [1.165, 1.54) is 25.3 Å². The van der Waals surface area contributed by atoms with Crippen molar-refractivity contribution in [2.45, 2.75) is 50.6 Å². The number of nitrogens with one attached hydrogen (secondary N) is 2. The van der Waals surface area contributed by atoms with E-state index in [2.05, 4.69) is 17.6 Å². The molecular formula is C26H30F6N3O4+. The van der Waals surface area contributed by atoms with E-state index in [1.54, 1.807) is 24.3 Å². The van der Waals surface area contributed by atoms with Gasteiger partial charge in [0.1, 0.15) is 17.5 Å². The summed E-state index contributed by atoms with van der Waals surface area (Å²) in [6.45, 7) is 4.66. The number of likely N-dealkylation sites (tertiary alicyclic amines) is 1. The molecule has 0 saturated carbocycles. The van der Waals surface area contributed by atoms with Gasteiger partial charge in [0.05, 0.1) is 30.9 Å². The van der Waals surface area contributed by atoms with Gasteiger partial charge in [-0.1, -0.05) is 6.07 Å². The summed E-state index contributed by atoms with van der Waals surface area (Å²) in [5.74, 6) is -2.91. The third-order valence-corrected chi connectivity index (χ3v) is 7.23. The van der Waals surface area contributed by atoms with E-state index in [0.717, 1.165) is 38.9 Å². The minimum Gasteiger partial charge on any atom is -0.497 e. The SMILES string of the molecule is COc1cccc(C(=O)Nc2ccc([N+]3(C4CCNC4)CCCC3C)cc2C(F)(F)F)c1.O=C(O)C(F)(F)F. The van der Waals surface area contributed by atoms with Crippen LogP contribution in [0.2, 0.25) is 0 Å². The highest BCUT2D eigenvalue weighted by Crippen LogP contribution is 2.44. The van der Waals surface area contributed by atoms with E-state index < -0.39 is 29.8 Å². The van der Waals surface area contributed by atoms with Gasteiger partial charge in [-0.05, 0) is 31.2 Å². The lowest BCUT2D eigenvalue weighted by molar-refractivity contribution is -0.192. The van der Waals surface area contributed by atoms with Gasteiger partial charge >= 0.3 is 18.3 Å². The van der Waals surface area contributed by atoms with Crippen molar-refractivity contribution < 1.29 is 45.8 Å². The Morgan fingerprint density at radius 3 is 2.28 bits per heavy atom. The van der Waals surface area contributed by atoms with Gasteiger partial charge in [-0.25, -0.2) is 4.79 Å². The molecule has 3 N–H and O–H groups in total.